The Morgan fingerprint density at radius 1 is 1.06 bits per heavy atom. The molecule has 6 aliphatic rings. The molecule has 2 aliphatic heterocycles. The Kier molecular flexibility index (Phi) is 5.52. The molecule has 5 fully saturated rings. The van der Waals surface area contributed by atoms with Crippen LogP contribution in [0.25, 0.3) is 0 Å². The first-order valence-electron chi connectivity index (χ1n) is 12.6. The van der Waals surface area contributed by atoms with E-state index in [1.807, 2.05) is 23.9 Å². The van der Waals surface area contributed by atoms with Gasteiger partial charge >= 0.3 is 0 Å². The van der Waals surface area contributed by atoms with Gasteiger partial charge in [0.05, 0.1) is 0 Å². The number of hydrogen-bond acceptors (Lipinski definition) is 5. The van der Waals surface area contributed by atoms with E-state index < -0.39 is 6.04 Å². The average Bonchev–Trinajstić information content (AvgIpc) is 3.10. The van der Waals surface area contributed by atoms with Gasteiger partial charge in [-0.15, -0.1) is 11.8 Å². The van der Waals surface area contributed by atoms with Gasteiger partial charge in [0.2, 0.25) is 11.8 Å². The molecule has 3 amide bonds. The number of piperidine rings is 1. The molecule has 176 valence electrons. The molecular formula is C26H33N3O3S. The smallest absolute Gasteiger partial charge is 0.255 e. The summed E-state index contributed by atoms with van der Waals surface area (Å²) < 4.78 is 0. The van der Waals surface area contributed by atoms with E-state index >= 15 is 0 Å². The third kappa shape index (κ3) is 4.01. The number of carbonyl (C=O) groups excluding carboxylic acids is 3. The normalized spacial score (nSPS) is 34.7. The number of hydrogen-bond donors (Lipinski definition) is 2. The van der Waals surface area contributed by atoms with E-state index in [0.29, 0.717) is 24.1 Å². The second kappa shape index (κ2) is 8.42. The quantitative estimate of drug-likeness (QED) is 0.365. The Morgan fingerprint density at radius 3 is 2.48 bits per heavy atom. The first kappa shape index (κ1) is 21.7. The number of benzene rings is 1. The van der Waals surface area contributed by atoms with Crippen LogP contribution in [0.1, 0.15) is 73.7 Å². The van der Waals surface area contributed by atoms with Crippen LogP contribution in [0.2, 0.25) is 0 Å². The van der Waals surface area contributed by atoms with Gasteiger partial charge in [-0.1, -0.05) is 6.07 Å². The molecule has 4 aliphatic carbocycles. The van der Waals surface area contributed by atoms with Gasteiger partial charge < -0.3 is 10.2 Å². The predicted molar refractivity (Wildman–Crippen MR) is 127 cm³/mol. The van der Waals surface area contributed by atoms with Crippen molar-refractivity contribution < 1.29 is 14.4 Å². The third-order valence-corrected chi connectivity index (χ3v) is 9.84. The van der Waals surface area contributed by atoms with Gasteiger partial charge in [0.25, 0.3) is 5.91 Å². The minimum atomic E-state index is -0.551. The van der Waals surface area contributed by atoms with Crippen LogP contribution in [0.5, 0.6) is 0 Å². The van der Waals surface area contributed by atoms with Gasteiger partial charge in [-0.3, -0.25) is 19.7 Å². The number of amides is 3. The summed E-state index contributed by atoms with van der Waals surface area (Å²) in [6.45, 7) is 1.52. The van der Waals surface area contributed by atoms with E-state index in [9.17, 15) is 14.4 Å². The van der Waals surface area contributed by atoms with Crippen LogP contribution < -0.4 is 10.6 Å². The largest absolute Gasteiger partial charge is 0.322 e. The molecule has 2 heterocycles. The van der Waals surface area contributed by atoms with Crippen LogP contribution in [0.4, 0.5) is 0 Å². The maximum atomic E-state index is 13.0. The van der Waals surface area contributed by atoms with Crippen LogP contribution in [-0.2, 0) is 16.1 Å². The number of carbonyl (C=O) groups is 3. The predicted octanol–water partition coefficient (Wildman–Crippen LogP) is 3.49. The van der Waals surface area contributed by atoms with Gasteiger partial charge in [-0.2, -0.15) is 0 Å². The minimum Gasteiger partial charge on any atom is -0.322 e. The highest BCUT2D eigenvalue weighted by molar-refractivity contribution is 7.99. The van der Waals surface area contributed by atoms with Gasteiger partial charge in [0, 0.05) is 29.0 Å². The number of fused-ring (bicyclic) bond motifs is 1. The van der Waals surface area contributed by atoms with Crippen molar-refractivity contribution in [1.29, 1.82) is 0 Å². The summed E-state index contributed by atoms with van der Waals surface area (Å²) in [4.78, 5) is 39.6. The van der Waals surface area contributed by atoms with Crippen molar-refractivity contribution >= 4 is 29.5 Å². The minimum absolute atomic E-state index is 0.0922. The molecule has 1 aromatic rings. The fourth-order valence-corrected chi connectivity index (χ4v) is 8.66. The Morgan fingerprint density at radius 2 is 1.79 bits per heavy atom. The molecule has 0 radical (unpaired) electrons. The molecule has 2 N–H and O–H groups in total. The summed E-state index contributed by atoms with van der Waals surface area (Å²) in [6, 6.07) is 5.35. The molecule has 4 bridgehead atoms. The Balaban J connectivity index is 1.04. The SMILES string of the molecule is O=C1CCC(N2Cc3c(SCCCNC45CC6CC(CC(C6)C4)C5)cccc3C2=O)C(=O)N1. The van der Waals surface area contributed by atoms with Gasteiger partial charge in [0.15, 0.2) is 0 Å². The van der Waals surface area contributed by atoms with Crippen molar-refractivity contribution in [2.45, 2.75) is 80.8 Å². The van der Waals surface area contributed by atoms with Crippen molar-refractivity contribution in [3.63, 3.8) is 0 Å². The zero-order chi connectivity index (χ0) is 22.6. The highest BCUT2D eigenvalue weighted by Gasteiger charge is 2.50. The van der Waals surface area contributed by atoms with Crippen LogP contribution in [0.15, 0.2) is 23.1 Å². The topological polar surface area (TPSA) is 78.5 Å². The molecule has 0 spiro atoms. The Bertz CT molecular complexity index is 958. The molecule has 1 saturated heterocycles. The van der Waals surface area contributed by atoms with Crippen molar-refractivity contribution in [3.8, 4) is 0 Å². The van der Waals surface area contributed by atoms with Crippen molar-refractivity contribution in [3.05, 3.63) is 29.3 Å². The fraction of sp³-hybridized carbons (Fsp3) is 0.654. The fourth-order valence-electron chi connectivity index (χ4n) is 7.63. The molecular weight excluding hydrogens is 434 g/mol. The summed E-state index contributed by atoms with van der Waals surface area (Å²) >= 11 is 1.82. The summed E-state index contributed by atoms with van der Waals surface area (Å²) in [5.41, 5.74) is 2.16. The zero-order valence-electron chi connectivity index (χ0n) is 19.1. The Labute approximate surface area is 199 Å². The number of thioether (sulfide) groups is 1. The molecule has 1 atom stereocenters. The number of rotatable bonds is 7. The summed E-state index contributed by atoms with van der Waals surface area (Å²) in [7, 11) is 0. The van der Waals surface area contributed by atoms with Gasteiger partial charge in [-0.05, 0) is 99.1 Å². The highest BCUT2D eigenvalue weighted by Crippen LogP contribution is 2.55. The van der Waals surface area contributed by atoms with Gasteiger partial charge in [-0.25, -0.2) is 0 Å². The van der Waals surface area contributed by atoms with Gasteiger partial charge in [0.1, 0.15) is 6.04 Å². The second-order valence-corrected chi connectivity index (χ2v) is 12.1. The van der Waals surface area contributed by atoms with E-state index in [2.05, 4.69) is 16.7 Å². The number of imide groups is 1. The molecule has 4 saturated carbocycles. The van der Waals surface area contributed by atoms with Crippen LogP contribution in [0, 0.1) is 17.8 Å². The van der Waals surface area contributed by atoms with E-state index in [-0.39, 0.29) is 24.1 Å². The third-order valence-electron chi connectivity index (χ3n) is 8.66. The lowest BCUT2D eigenvalue weighted by atomic mass is 9.53. The lowest BCUT2D eigenvalue weighted by molar-refractivity contribution is -0.136. The molecule has 7 rings (SSSR count). The van der Waals surface area contributed by atoms with Crippen LogP contribution in [0.3, 0.4) is 0 Å². The number of nitrogens with zero attached hydrogens (tertiary/aromatic N) is 1. The van der Waals surface area contributed by atoms with Crippen LogP contribution in [-0.4, -0.2) is 46.5 Å². The zero-order valence-corrected chi connectivity index (χ0v) is 19.9. The molecule has 6 nitrogen and oxygen atoms in total. The monoisotopic (exact) mass is 467 g/mol. The first-order valence-corrected chi connectivity index (χ1v) is 13.6. The standard InChI is InChI=1S/C26H33N3O3S/c30-23-6-5-21(24(31)28-23)29-15-20-19(25(29)32)3-1-4-22(20)33-8-2-7-27-26-12-16-9-17(13-26)11-18(10-16)14-26/h1,3-4,16-18,21,27H,2,5-15H2,(H,28,30,31). The summed E-state index contributed by atoms with van der Waals surface area (Å²) in [6.07, 6.45) is 10.4. The lowest BCUT2D eigenvalue weighted by Crippen LogP contribution is -2.58. The number of nitrogens with one attached hydrogen (secondary N) is 2. The maximum Gasteiger partial charge on any atom is 0.255 e. The maximum absolute atomic E-state index is 13.0. The Hall–Kier alpha value is -1.86. The molecule has 0 aromatic heterocycles. The van der Waals surface area contributed by atoms with E-state index in [4.69, 9.17) is 0 Å². The van der Waals surface area contributed by atoms with Crippen molar-refractivity contribution in [1.82, 2.24) is 15.5 Å². The summed E-state index contributed by atoms with van der Waals surface area (Å²) in [5, 5.41) is 6.36. The average molecular weight is 468 g/mol. The van der Waals surface area contributed by atoms with E-state index in [1.165, 1.54) is 38.5 Å². The molecule has 33 heavy (non-hydrogen) atoms. The van der Waals surface area contributed by atoms with Crippen LogP contribution >= 0.6 is 11.8 Å². The van der Waals surface area contributed by atoms with E-state index in [0.717, 1.165) is 46.9 Å². The first-order chi connectivity index (χ1) is 16.0. The molecule has 1 aromatic carbocycles. The van der Waals surface area contributed by atoms with E-state index in [1.54, 1.807) is 4.90 Å². The lowest BCUT2D eigenvalue weighted by Gasteiger charge is -2.57. The second-order valence-electron chi connectivity index (χ2n) is 11.0. The molecule has 7 heteroatoms. The summed E-state index contributed by atoms with van der Waals surface area (Å²) in [5.74, 6) is 3.23. The highest BCUT2D eigenvalue weighted by atomic mass is 32.2. The van der Waals surface area contributed by atoms with Crippen molar-refractivity contribution in [2.75, 3.05) is 12.3 Å². The van der Waals surface area contributed by atoms with Crippen molar-refractivity contribution in [2.24, 2.45) is 17.8 Å². The molecule has 1 unspecified atom stereocenters.